The lowest BCUT2D eigenvalue weighted by Crippen LogP contribution is -2.23. The molecule has 2 rings (SSSR count). The van der Waals surface area contributed by atoms with Crippen molar-refractivity contribution in [2.45, 2.75) is 26.8 Å². The Bertz CT molecular complexity index is 627. The molecule has 0 atom stereocenters. The molecule has 0 aliphatic carbocycles. The number of carbonyl (C=O) groups excluding carboxylic acids is 1. The lowest BCUT2D eigenvalue weighted by molar-refractivity contribution is 0.0951. The summed E-state index contributed by atoms with van der Waals surface area (Å²) in [6, 6.07) is 5.74. The molecular formula is C15H18ClN3OS. The predicted octanol–water partition coefficient (Wildman–Crippen LogP) is 3.86. The molecule has 21 heavy (non-hydrogen) atoms. The number of halogens is 1. The van der Waals surface area contributed by atoms with Crippen LogP contribution in [0.15, 0.2) is 24.4 Å². The van der Waals surface area contributed by atoms with Crippen LogP contribution >= 0.6 is 22.9 Å². The van der Waals surface area contributed by atoms with Crippen LogP contribution in [0.4, 0.5) is 5.82 Å². The van der Waals surface area contributed by atoms with Gasteiger partial charge in [-0.15, -0.1) is 11.3 Å². The van der Waals surface area contributed by atoms with E-state index in [1.54, 1.807) is 17.4 Å². The van der Waals surface area contributed by atoms with Crippen molar-refractivity contribution in [2.75, 3.05) is 11.9 Å². The van der Waals surface area contributed by atoms with Gasteiger partial charge in [0.2, 0.25) is 0 Å². The Labute approximate surface area is 133 Å². The van der Waals surface area contributed by atoms with E-state index in [9.17, 15) is 4.79 Å². The van der Waals surface area contributed by atoms with Crippen molar-refractivity contribution in [3.8, 4) is 0 Å². The maximum Gasteiger partial charge on any atom is 0.253 e. The molecule has 0 aliphatic heterocycles. The molecule has 0 saturated carbocycles. The van der Waals surface area contributed by atoms with Crippen LogP contribution in [0.1, 0.15) is 33.5 Å². The topological polar surface area (TPSA) is 54.0 Å². The third-order valence-electron chi connectivity index (χ3n) is 2.88. The van der Waals surface area contributed by atoms with Gasteiger partial charge < -0.3 is 10.6 Å². The van der Waals surface area contributed by atoms with Crippen LogP contribution in [-0.2, 0) is 6.54 Å². The SMILES string of the molecule is CCCNc1cc(C(=O)NCc2ccc(C)s2)c(Cl)cn1. The number of aromatic nitrogens is 1. The third kappa shape index (κ3) is 4.44. The zero-order valence-electron chi connectivity index (χ0n) is 12.1. The van der Waals surface area contributed by atoms with Gasteiger partial charge in [0, 0.05) is 22.5 Å². The summed E-state index contributed by atoms with van der Waals surface area (Å²) >= 11 is 7.73. The summed E-state index contributed by atoms with van der Waals surface area (Å²) in [6.07, 6.45) is 2.49. The fourth-order valence-corrected chi connectivity index (χ4v) is 2.82. The van der Waals surface area contributed by atoms with Gasteiger partial charge in [0.1, 0.15) is 5.82 Å². The number of hydrogen-bond donors (Lipinski definition) is 2. The van der Waals surface area contributed by atoms with Gasteiger partial charge in [-0.05, 0) is 31.5 Å². The molecule has 4 nitrogen and oxygen atoms in total. The van der Waals surface area contributed by atoms with Crippen LogP contribution in [-0.4, -0.2) is 17.4 Å². The highest BCUT2D eigenvalue weighted by molar-refractivity contribution is 7.11. The highest BCUT2D eigenvalue weighted by atomic mass is 35.5. The van der Waals surface area contributed by atoms with E-state index in [2.05, 4.69) is 22.5 Å². The van der Waals surface area contributed by atoms with Crippen molar-refractivity contribution >= 4 is 34.7 Å². The lowest BCUT2D eigenvalue weighted by atomic mass is 10.2. The molecule has 2 heterocycles. The molecule has 2 aromatic rings. The van der Waals surface area contributed by atoms with Gasteiger partial charge in [-0.3, -0.25) is 4.79 Å². The fraction of sp³-hybridized carbons (Fsp3) is 0.333. The monoisotopic (exact) mass is 323 g/mol. The first kappa shape index (κ1) is 15.8. The second kappa shape index (κ2) is 7.43. The Morgan fingerprint density at radius 3 is 2.90 bits per heavy atom. The van der Waals surface area contributed by atoms with Gasteiger partial charge in [0.25, 0.3) is 5.91 Å². The zero-order valence-corrected chi connectivity index (χ0v) is 13.6. The Balaban J connectivity index is 2.03. The number of pyridine rings is 1. The van der Waals surface area contributed by atoms with Crippen LogP contribution < -0.4 is 10.6 Å². The van der Waals surface area contributed by atoms with Crippen LogP contribution in [0.2, 0.25) is 5.02 Å². The number of anilines is 1. The fourth-order valence-electron chi connectivity index (χ4n) is 1.81. The maximum atomic E-state index is 12.2. The molecule has 2 N–H and O–H groups in total. The Hall–Kier alpha value is -1.59. The lowest BCUT2D eigenvalue weighted by Gasteiger charge is -2.09. The second-order valence-electron chi connectivity index (χ2n) is 4.67. The number of nitrogens with zero attached hydrogens (tertiary/aromatic N) is 1. The van der Waals surface area contributed by atoms with Crippen LogP contribution in [0.5, 0.6) is 0 Å². The van der Waals surface area contributed by atoms with Gasteiger partial charge in [0.15, 0.2) is 0 Å². The molecule has 6 heteroatoms. The quantitative estimate of drug-likeness (QED) is 0.848. The molecule has 2 aromatic heterocycles. The summed E-state index contributed by atoms with van der Waals surface area (Å²) in [5.74, 6) is 0.478. The molecule has 0 fully saturated rings. The average molecular weight is 324 g/mol. The number of rotatable bonds is 6. The minimum Gasteiger partial charge on any atom is -0.370 e. The van der Waals surface area contributed by atoms with Crippen molar-refractivity contribution in [1.82, 2.24) is 10.3 Å². The summed E-state index contributed by atoms with van der Waals surface area (Å²) < 4.78 is 0. The van der Waals surface area contributed by atoms with E-state index in [4.69, 9.17) is 11.6 Å². The van der Waals surface area contributed by atoms with Gasteiger partial charge in [-0.2, -0.15) is 0 Å². The van der Waals surface area contributed by atoms with Crippen LogP contribution in [0.3, 0.4) is 0 Å². The highest BCUT2D eigenvalue weighted by Crippen LogP contribution is 2.19. The number of carbonyl (C=O) groups is 1. The first-order valence-electron chi connectivity index (χ1n) is 6.83. The van der Waals surface area contributed by atoms with E-state index in [1.807, 2.05) is 19.1 Å². The molecule has 0 unspecified atom stereocenters. The van der Waals surface area contributed by atoms with Crippen molar-refractivity contribution in [3.63, 3.8) is 0 Å². The predicted molar refractivity (Wildman–Crippen MR) is 88.3 cm³/mol. The van der Waals surface area contributed by atoms with E-state index in [0.29, 0.717) is 22.9 Å². The Kier molecular flexibility index (Phi) is 5.59. The summed E-state index contributed by atoms with van der Waals surface area (Å²) in [5.41, 5.74) is 0.443. The van der Waals surface area contributed by atoms with Gasteiger partial charge in [-0.1, -0.05) is 18.5 Å². The van der Waals surface area contributed by atoms with Crippen LogP contribution in [0.25, 0.3) is 0 Å². The van der Waals surface area contributed by atoms with Crippen molar-refractivity contribution in [1.29, 1.82) is 0 Å². The first-order valence-corrected chi connectivity index (χ1v) is 8.02. The summed E-state index contributed by atoms with van der Waals surface area (Å²) in [6.45, 7) is 5.43. The van der Waals surface area contributed by atoms with Crippen molar-refractivity contribution < 1.29 is 4.79 Å². The van der Waals surface area contributed by atoms with Crippen molar-refractivity contribution in [3.05, 3.63) is 44.7 Å². The number of thiophene rings is 1. The minimum absolute atomic E-state index is 0.187. The van der Waals surface area contributed by atoms with Gasteiger partial charge >= 0.3 is 0 Å². The molecule has 1 amide bonds. The highest BCUT2D eigenvalue weighted by Gasteiger charge is 2.12. The summed E-state index contributed by atoms with van der Waals surface area (Å²) in [7, 11) is 0. The summed E-state index contributed by atoms with van der Waals surface area (Å²) in [4.78, 5) is 18.7. The van der Waals surface area contributed by atoms with E-state index in [1.165, 1.54) is 11.1 Å². The molecule has 0 aromatic carbocycles. The van der Waals surface area contributed by atoms with E-state index >= 15 is 0 Å². The molecule has 112 valence electrons. The van der Waals surface area contributed by atoms with Gasteiger partial charge in [-0.25, -0.2) is 4.98 Å². The molecule has 0 bridgehead atoms. The molecule has 0 aliphatic rings. The number of aryl methyl sites for hydroxylation is 1. The van der Waals surface area contributed by atoms with E-state index in [0.717, 1.165) is 17.8 Å². The maximum absolute atomic E-state index is 12.2. The van der Waals surface area contributed by atoms with Crippen molar-refractivity contribution in [2.24, 2.45) is 0 Å². The summed E-state index contributed by atoms with van der Waals surface area (Å²) in [5, 5.41) is 6.39. The van der Waals surface area contributed by atoms with Gasteiger partial charge in [0.05, 0.1) is 17.1 Å². The minimum atomic E-state index is -0.187. The molecular weight excluding hydrogens is 306 g/mol. The average Bonchev–Trinajstić information content (AvgIpc) is 2.89. The molecule has 0 spiro atoms. The first-order chi connectivity index (χ1) is 10.1. The Morgan fingerprint density at radius 2 is 2.24 bits per heavy atom. The normalized spacial score (nSPS) is 10.4. The second-order valence-corrected chi connectivity index (χ2v) is 6.45. The Morgan fingerprint density at radius 1 is 1.43 bits per heavy atom. The van der Waals surface area contributed by atoms with E-state index < -0.39 is 0 Å². The zero-order chi connectivity index (χ0) is 15.2. The number of nitrogens with one attached hydrogen (secondary N) is 2. The molecule has 0 saturated heterocycles. The molecule has 0 radical (unpaired) electrons. The smallest absolute Gasteiger partial charge is 0.253 e. The standard InChI is InChI=1S/C15H18ClN3OS/c1-3-6-17-14-7-12(13(16)9-18-14)15(20)19-8-11-5-4-10(2)21-11/h4-5,7,9H,3,6,8H2,1-2H3,(H,17,18)(H,19,20). The largest absolute Gasteiger partial charge is 0.370 e. The third-order valence-corrected chi connectivity index (χ3v) is 4.18. The number of hydrogen-bond acceptors (Lipinski definition) is 4. The van der Waals surface area contributed by atoms with Crippen LogP contribution in [0, 0.1) is 6.92 Å². The van der Waals surface area contributed by atoms with E-state index in [-0.39, 0.29) is 5.91 Å². The number of amides is 1.